The van der Waals surface area contributed by atoms with Gasteiger partial charge in [0.25, 0.3) is 5.91 Å². The van der Waals surface area contributed by atoms with E-state index in [-0.39, 0.29) is 5.91 Å². The van der Waals surface area contributed by atoms with Crippen LogP contribution in [-0.4, -0.2) is 36.5 Å². The second-order valence-corrected chi connectivity index (χ2v) is 6.14. The first-order valence-corrected chi connectivity index (χ1v) is 7.38. The third-order valence-corrected chi connectivity index (χ3v) is 4.61. The third-order valence-electron chi connectivity index (χ3n) is 4.05. The molecular formula is C14H16Cl2N2O. The van der Waals surface area contributed by atoms with E-state index in [1.165, 1.54) is 12.8 Å². The molecule has 2 atom stereocenters. The van der Waals surface area contributed by atoms with E-state index in [1.54, 1.807) is 18.2 Å². The van der Waals surface area contributed by atoms with Crippen molar-refractivity contribution in [1.29, 1.82) is 0 Å². The summed E-state index contributed by atoms with van der Waals surface area (Å²) < 4.78 is 0. The van der Waals surface area contributed by atoms with Gasteiger partial charge < -0.3 is 10.2 Å². The number of hydrogen-bond donors (Lipinski definition) is 1. The largest absolute Gasteiger partial charge is 0.337 e. The summed E-state index contributed by atoms with van der Waals surface area (Å²) in [5.74, 6) is 0.569. The Balaban J connectivity index is 1.79. The van der Waals surface area contributed by atoms with Crippen molar-refractivity contribution in [3.8, 4) is 0 Å². The Bertz CT molecular complexity index is 492. The molecule has 0 bridgehead atoms. The minimum atomic E-state index is -0.0105. The minimum absolute atomic E-state index is 0.0105. The smallest absolute Gasteiger partial charge is 0.255 e. The van der Waals surface area contributed by atoms with Gasteiger partial charge in [0.1, 0.15) is 0 Å². The number of nitrogens with one attached hydrogen (secondary N) is 1. The second kappa shape index (κ2) is 5.31. The molecule has 2 aliphatic rings. The summed E-state index contributed by atoms with van der Waals surface area (Å²) in [5.41, 5.74) is 0.507. The topological polar surface area (TPSA) is 32.3 Å². The van der Waals surface area contributed by atoms with E-state index in [9.17, 15) is 4.79 Å². The number of benzene rings is 1. The SMILES string of the molecule is O=C(c1cc(Cl)ccc1Cl)N1CC2CCCNC2C1. The fourth-order valence-corrected chi connectivity index (χ4v) is 3.41. The van der Waals surface area contributed by atoms with Crippen LogP contribution in [0.4, 0.5) is 0 Å². The van der Waals surface area contributed by atoms with Crippen LogP contribution in [0, 0.1) is 5.92 Å². The number of fused-ring (bicyclic) bond motifs is 1. The molecule has 1 amide bonds. The molecule has 2 unspecified atom stereocenters. The Hall–Kier alpha value is -0.770. The molecule has 0 radical (unpaired) electrons. The fourth-order valence-electron chi connectivity index (χ4n) is 3.04. The summed E-state index contributed by atoms with van der Waals surface area (Å²) in [7, 11) is 0. The molecule has 3 rings (SSSR count). The van der Waals surface area contributed by atoms with Gasteiger partial charge in [-0.2, -0.15) is 0 Å². The van der Waals surface area contributed by atoms with Gasteiger partial charge in [0, 0.05) is 24.2 Å². The molecule has 5 heteroatoms. The van der Waals surface area contributed by atoms with Crippen molar-refractivity contribution in [3.05, 3.63) is 33.8 Å². The van der Waals surface area contributed by atoms with Crippen LogP contribution in [0.15, 0.2) is 18.2 Å². The Morgan fingerprint density at radius 1 is 1.32 bits per heavy atom. The lowest BCUT2D eigenvalue weighted by Crippen LogP contribution is -2.41. The predicted molar refractivity (Wildman–Crippen MR) is 76.9 cm³/mol. The molecule has 1 aromatic carbocycles. The van der Waals surface area contributed by atoms with Crippen LogP contribution in [0.1, 0.15) is 23.2 Å². The molecule has 0 aromatic heterocycles. The van der Waals surface area contributed by atoms with Crippen LogP contribution >= 0.6 is 23.2 Å². The van der Waals surface area contributed by atoms with Crippen molar-refractivity contribution in [1.82, 2.24) is 10.2 Å². The van der Waals surface area contributed by atoms with Crippen LogP contribution in [-0.2, 0) is 0 Å². The average Bonchev–Trinajstić information content (AvgIpc) is 2.84. The number of halogens is 2. The second-order valence-electron chi connectivity index (χ2n) is 5.30. The maximum Gasteiger partial charge on any atom is 0.255 e. The van der Waals surface area contributed by atoms with E-state index in [4.69, 9.17) is 23.2 Å². The Labute approximate surface area is 122 Å². The molecule has 1 aromatic rings. The molecule has 0 saturated carbocycles. The summed E-state index contributed by atoms with van der Waals surface area (Å²) in [6, 6.07) is 5.47. The average molecular weight is 299 g/mol. The Kier molecular flexibility index (Phi) is 3.70. The fraction of sp³-hybridized carbons (Fsp3) is 0.500. The van der Waals surface area contributed by atoms with Gasteiger partial charge in [-0.3, -0.25) is 4.79 Å². The number of carbonyl (C=O) groups is 1. The maximum absolute atomic E-state index is 12.5. The summed E-state index contributed by atoms with van der Waals surface area (Å²) in [6.45, 7) is 2.65. The number of rotatable bonds is 1. The van der Waals surface area contributed by atoms with Gasteiger partial charge in [-0.25, -0.2) is 0 Å². The standard InChI is InChI=1S/C14H16Cl2N2O/c15-10-3-4-12(16)11(6-10)14(19)18-7-9-2-1-5-17-13(9)8-18/h3-4,6,9,13,17H,1-2,5,7-8H2. The molecule has 2 fully saturated rings. The zero-order valence-corrected chi connectivity index (χ0v) is 12.0. The van der Waals surface area contributed by atoms with Gasteiger partial charge in [-0.05, 0) is 43.5 Å². The number of piperidine rings is 1. The molecule has 2 heterocycles. The monoisotopic (exact) mass is 298 g/mol. The van der Waals surface area contributed by atoms with Crippen molar-refractivity contribution in [2.45, 2.75) is 18.9 Å². The first-order valence-electron chi connectivity index (χ1n) is 6.63. The molecule has 2 aliphatic heterocycles. The summed E-state index contributed by atoms with van der Waals surface area (Å²) in [6.07, 6.45) is 2.39. The zero-order valence-electron chi connectivity index (χ0n) is 10.5. The molecule has 2 saturated heterocycles. The quantitative estimate of drug-likeness (QED) is 0.865. The van der Waals surface area contributed by atoms with Crippen molar-refractivity contribution in [3.63, 3.8) is 0 Å². The molecule has 1 N–H and O–H groups in total. The molecule has 19 heavy (non-hydrogen) atoms. The summed E-state index contributed by atoms with van der Waals surface area (Å²) in [5, 5.41) is 4.50. The lowest BCUT2D eigenvalue weighted by atomic mass is 9.94. The predicted octanol–water partition coefficient (Wildman–Crippen LogP) is 2.82. The van der Waals surface area contributed by atoms with Crippen LogP contribution in [0.25, 0.3) is 0 Å². The Morgan fingerprint density at radius 3 is 2.95 bits per heavy atom. The highest BCUT2D eigenvalue weighted by molar-refractivity contribution is 6.35. The Morgan fingerprint density at radius 2 is 2.16 bits per heavy atom. The zero-order chi connectivity index (χ0) is 13.4. The lowest BCUT2D eigenvalue weighted by Gasteiger charge is -2.24. The molecule has 0 aliphatic carbocycles. The first-order chi connectivity index (χ1) is 9.15. The minimum Gasteiger partial charge on any atom is -0.337 e. The molecular weight excluding hydrogens is 283 g/mol. The number of likely N-dealkylation sites (tertiary alicyclic amines) is 1. The van der Waals surface area contributed by atoms with Crippen molar-refractivity contribution in [2.24, 2.45) is 5.92 Å². The normalized spacial score (nSPS) is 26.3. The molecule has 3 nitrogen and oxygen atoms in total. The lowest BCUT2D eigenvalue weighted by molar-refractivity contribution is 0.0786. The van der Waals surface area contributed by atoms with Gasteiger partial charge in [0.2, 0.25) is 0 Å². The first kappa shape index (κ1) is 13.2. The van der Waals surface area contributed by atoms with Gasteiger partial charge in [-0.15, -0.1) is 0 Å². The third kappa shape index (κ3) is 2.60. The number of hydrogen-bond acceptors (Lipinski definition) is 2. The van der Waals surface area contributed by atoms with Crippen molar-refractivity contribution >= 4 is 29.1 Å². The molecule has 0 spiro atoms. The maximum atomic E-state index is 12.5. The summed E-state index contributed by atoms with van der Waals surface area (Å²) in [4.78, 5) is 14.4. The van der Waals surface area contributed by atoms with E-state index >= 15 is 0 Å². The van der Waals surface area contributed by atoms with Gasteiger partial charge in [0.15, 0.2) is 0 Å². The van der Waals surface area contributed by atoms with Crippen LogP contribution in [0.5, 0.6) is 0 Å². The molecule has 102 valence electrons. The van der Waals surface area contributed by atoms with Gasteiger partial charge in [-0.1, -0.05) is 23.2 Å². The van der Waals surface area contributed by atoms with E-state index < -0.39 is 0 Å². The van der Waals surface area contributed by atoms with E-state index in [0.29, 0.717) is 27.6 Å². The van der Waals surface area contributed by atoms with Crippen molar-refractivity contribution < 1.29 is 4.79 Å². The number of amides is 1. The van der Waals surface area contributed by atoms with Gasteiger partial charge >= 0.3 is 0 Å². The number of carbonyl (C=O) groups excluding carboxylic acids is 1. The van der Waals surface area contributed by atoms with Crippen LogP contribution < -0.4 is 5.32 Å². The van der Waals surface area contributed by atoms with E-state index in [0.717, 1.165) is 19.6 Å². The highest BCUT2D eigenvalue weighted by atomic mass is 35.5. The van der Waals surface area contributed by atoms with Crippen LogP contribution in [0.3, 0.4) is 0 Å². The number of nitrogens with zero attached hydrogens (tertiary/aromatic N) is 1. The van der Waals surface area contributed by atoms with Gasteiger partial charge in [0.05, 0.1) is 10.6 Å². The highest BCUT2D eigenvalue weighted by Crippen LogP contribution is 2.28. The highest BCUT2D eigenvalue weighted by Gasteiger charge is 2.37. The van der Waals surface area contributed by atoms with Crippen LogP contribution in [0.2, 0.25) is 10.0 Å². The van der Waals surface area contributed by atoms with E-state index in [2.05, 4.69) is 5.32 Å². The van der Waals surface area contributed by atoms with E-state index in [1.807, 2.05) is 4.90 Å². The summed E-state index contributed by atoms with van der Waals surface area (Å²) >= 11 is 12.0. The van der Waals surface area contributed by atoms with Crippen molar-refractivity contribution in [2.75, 3.05) is 19.6 Å².